The molecule has 0 bridgehead atoms. The van der Waals surface area contributed by atoms with Gasteiger partial charge in [-0.3, -0.25) is 4.79 Å². The van der Waals surface area contributed by atoms with Crippen molar-refractivity contribution in [1.29, 1.82) is 0 Å². The van der Waals surface area contributed by atoms with E-state index in [-0.39, 0.29) is 18.3 Å². The molecule has 4 nitrogen and oxygen atoms in total. The van der Waals surface area contributed by atoms with Crippen molar-refractivity contribution in [2.24, 2.45) is 0 Å². The number of aromatic nitrogens is 1. The minimum Gasteiger partial charge on any atom is -0.484 e. The van der Waals surface area contributed by atoms with Crippen molar-refractivity contribution >= 4 is 34.1 Å². The highest BCUT2D eigenvalue weighted by Crippen LogP contribution is 2.27. The number of carbonyl (C=O) groups excluding carboxylic acids is 1. The van der Waals surface area contributed by atoms with Crippen molar-refractivity contribution in [3.05, 3.63) is 83.6 Å². The molecule has 0 aliphatic rings. The zero-order valence-corrected chi connectivity index (χ0v) is 15.5. The molecule has 4 rings (SSSR count). The summed E-state index contributed by atoms with van der Waals surface area (Å²) in [6, 6.07) is 20.7. The zero-order chi connectivity index (χ0) is 19.5. The Bertz CT molecular complexity index is 1120. The number of hydrogen-bond acceptors (Lipinski definition) is 2. The Morgan fingerprint density at radius 1 is 1.00 bits per heavy atom. The van der Waals surface area contributed by atoms with Gasteiger partial charge in [-0.25, -0.2) is 4.39 Å². The van der Waals surface area contributed by atoms with E-state index >= 15 is 0 Å². The molecule has 0 aliphatic carbocycles. The minimum atomic E-state index is -0.352. The van der Waals surface area contributed by atoms with Crippen LogP contribution in [0.2, 0.25) is 5.02 Å². The number of benzene rings is 3. The van der Waals surface area contributed by atoms with Crippen LogP contribution in [0.15, 0.2) is 72.8 Å². The molecule has 0 fully saturated rings. The smallest absolute Gasteiger partial charge is 0.262 e. The first-order valence-electron chi connectivity index (χ1n) is 8.64. The quantitative estimate of drug-likeness (QED) is 0.460. The Morgan fingerprint density at radius 3 is 2.50 bits per heavy atom. The first-order chi connectivity index (χ1) is 13.6. The number of carbonyl (C=O) groups is 1. The Labute approximate surface area is 165 Å². The Morgan fingerprint density at radius 2 is 1.75 bits per heavy atom. The van der Waals surface area contributed by atoms with Gasteiger partial charge in [0, 0.05) is 27.3 Å². The summed E-state index contributed by atoms with van der Waals surface area (Å²) in [5.74, 6) is -0.210. The van der Waals surface area contributed by atoms with Gasteiger partial charge in [0.25, 0.3) is 5.91 Å². The molecule has 1 amide bonds. The SMILES string of the molecule is O=C(COc1ccc(F)cc1)Nc1ccc(-c2cc3cc(Cl)ccc3[nH]2)cc1. The standard InChI is InChI=1S/C22H16ClFN2O2/c23-16-3-10-20-15(11-16)12-21(26-20)14-1-6-18(7-2-14)25-22(27)13-28-19-8-4-17(24)5-9-19/h1-12,26H,13H2,(H,25,27). The van der Waals surface area contributed by atoms with Gasteiger partial charge in [0.2, 0.25) is 0 Å². The van der Waals surface area contributed by atoms with Crippen molar-refractivity contribution < 1.29 is 13.9 Å². The highest BCUT2D eigenvalue weighted by molar-refractivity contribution is 6.31. The van der Waals surface area contributed by atoms with Gasteiger partial charge in [-0.15, -0.1) is 0 Å². The number of hydrogen-bond donors (Lipinski definition) is 2. The summed E-state index contributed by atoms with van der Waals surface area (Å²) in [4.78, 5) is 15.4. The summed E-state index contributed by atoms with van der Waals surface area (Å²) in [5.41, 5.74) is 3.63. The normalized spacial score (nSPS) is 10.8. The second-order valence-electron chi connectivity index (χ2n) is 6.28. The molecule has 0 unspecified atom stereocenters. The molecular weight excluding hydrogens is 379 g/mol. The van der Waals surface area contributed by atoms with Gasteiger partial charge in [-0.1, -0.05) is 23.7 Å². The van der Waals surface area contributed by atoms with E-state index in [4.69, 9.17) is 16.3 Å². The molecule has 4 aromatic rings. The molecule has 28 heavy (non-hydrogen) atoms. The van der Waals surface area contributed by atoms with E-state index in [9.17, 15) is 9.18 Å². The zero-order valence-electron chi connectivity index (χ0n) is 14.7. The van der Waals surface area contributed by atoms with E-state index in [1.54, 1.807) is 0 Å². The molecular formula is C22H16ClFN2O2. The molecule has 0 saturated heterocycles. The van der Waals surface area contributed by atoms with Crippen molar-refractivity contribution in [3.63, 3.8) is 0 Å². The Balaban J connectivity index is 1.39. The van der Waals surface area contributed by atoms with Crippen LogP contribution in [0.4, 0.5) is 10.1 Å². The van der Waals surface area contributed by atoms with E-state index in [1.807, 2.05) is 48.5 Å². The fourth-order valence-corrected chi connectivity index (χ4v) is 3.05. The molecule has 1 heterocycles. The Kier molecular flexibility index (Phi) is 5.00. The van der Waals surface area contributed by atoms with Crippen LogP contribution in [-0.4, -0.2) is 17.5 Å². The molecule has 2 N–H and O–H groups in total. The van der Waals surface area contributed by atoms with Gasteiger partial charge >= 0.3 is 0 Å². The first-order valence-corrected chi connectivity index (χ1v) is 9.01. The topological polar surface area (TPSA) is 54.1 Å². The van der Waals surface area contributed by atoms with Gasteiger partial charge in [0.05, 0.1) is 0 Å². The largest absolute Gasteiger partial charge is 0.484 e. The average molecular weight is 395 g/mol. The maximum absolute atomic E-state index is 12.9. The maximum Gasteiger partial charge on any atom is 0.262 e. The lowest BCUT2D eigenvalue weighted by Crippen LogP contribution is -2.20. The van der Waals surface area contributed by atoms with Crippen LogP contribution in [0.5, 0.6) is 5.75 Å². The summed E-state index contributed by atoms with van der Waals surface area (Å²) in [5, 5.41) is 4.50. The second-order valence-corrected chi connectivity index (χ2v) is 6.72. The highest BCUT2D eigenvalue weighted by Gasteiger charge is 2.07. The molecule has 0 atom stereocenters. The van der Waals surface area contributed by atoms with Gasteiger partial charge in [-0.2, -0.15) is 0 Å². The van der Waals surface area contributed by atoms with Gasteiger partial charge in [0.15, 0.2) is 6.61 Å². The molecule has 0 saturated carbocycles. The number of aromatic amines is 1. The van der Waals surface area contributed by atoms with Gasteiger partial charge in [-0.05, 0) is 66.2 Å². The highest BCUT2D eigenvalue weighted by atomic mass is 35.5. The summed E-state index contributed by atoms with van der Waals surface area (Å²) >= 11 is 6.03. The summed E-state index contributed by atoms with van der Waals surface area (Å²) in [6.07, 6.45) is 0. The van der Waals surface area contributed by atoms with Crippen molar-refractivity contribution in [2.45, 2.75) is 0 Å². The molecule has 0 radical (unpaired) electrons. The van der Waals surface area contributed by atoms with Crippen LogP contribution in [0.3, 0.4) is 0 Å². The number of amides is 1. The van der Waals surface area contributed by atoms with Crippen LogP contribution in [0, 0.1) is 5.82 Å². The van der Waals surface area contributed by atoms with Crippen LogP contribution in [-0.2, 0) is 4.79 Å². The van der Waals surface area contributed by atoms with Crippen LogP contribution in [0.25, 0.3) is 22.2 Å². The molecule has 0 aliphatic heterocycles. The third-order valence-electron chi connectivity index (χ3n) is 4.25. The molecule has 140 valence electrons. The van der Waals surface area contributed by atoms with E-state index in [1.165, 1.54) is 24.3 Å². The molecule has 6 heteroatoms. The number of H-pyrrole nitrogens is 1. The van der Waals surface area contributed by atoms with Crippen LogP contribution >= 0.6 is 11.6 Å². The van der Waals surface area contributed by atoms with Crippen LogP contribution in [0.1, 0.15) is 0 Å². The third kappa shape index (κ3) is 4.15. The number of nitrogens with one attached hydrogen (secondary N) is 2. The second kappa shape index (κ2) is 7.74. The first kappa shape index (κ1) is 18.1. The van der Waals surface area contributed by atoms with Crippen molar-refractivity contribution in [3.8, 4) is 17.0 Å². The van der Waals surface area contributed by atoms with Crippen molar-refractivity contribution in [1.82, 2.24) is 4.98 Å². The molecule has 1 aromatic heterocycles. The average Bonchev–Trinajstić information content (AvgIpc) is 3.11. The van der Waals surface area contributed by atoms with E-state index in [0.29, 0.717) is 16.5 Å². The monoisotopic (exact) mass is 394 g/mol. The fraction of sp³-hybridized carbons (Fsp3) is 0.0455. The third-order valence-corrected chi connectivity index (χ3v) is 4.48. The van der Waals surface area contributed by atoms with Crippen molar-refractivity contribution in [2.75, 3.05) is 11.9 Å². The fourth-order valence-electron chi connectivity index (χ4n) is 2.87. The minimum absolute atomic E-state index is 0.157. The maximum atomic E-state index is 12.9. The summed E-state index contributed by atoms with van der Waals surface area (Å²) < 4.78 is 18.2. The van der Waals surface area contributed by atoms with Crippen LogP contribution < -0.4 is 10.1 Å². The number of fused-ring (bicyclic) bond motifs is 1. The Hall–Kier alpha value is -3.31. The predicted octanol–water partition coefficient (Wildman–Crippen LogP) is 5.64. The van der Waals surface area contributed by atoms with E-state index < -0.39 is 0 Å². The van der Waals surface area contributed by atoms with Gasteiger partial charge < -0.3 is 15.0 Å². The number of anilines is 1. The number of halogens is 2. The number of ether oxygens (including phenoxy) is 1. The lowest BCUT2D eigenvalue weighted by molar-refractivity contribution is -0.118. The lowest BCUT2D eigenvalue weighted by atomic mass is 10.1. The van der Waals surface area contributed by atoms with Gasteiger partial charge in [0.1, 0.15) is 11.6 Å². The summed E-state index contributed by atoms with van der Waals surface area (Å²) in [7, 11) is 0. The summed E-state index contributed by atoms with van der Waals surface area (Å²) in [6.45, 7) is -0.157. The number of rotatable bonds is 5. The van der Waals surface area contributed by atoms with E-state index in [2.05, 4.69) is 10.3 Å². The van der Waals surface area contributed by atoms with E-state index in [0.717, 1.165) is 22.2 Å². The molecule has 0 spiro atoms. The lowest BCUT2D eigenvalue weighted by Gasteiger charge is -2.08. The predicted molar refractivity (Wildman–Crippen MR) is 109 cm³/mol. The molecule has 3 aromatic carbocycles.